The molecule has 2 aromatic rings. The molecule has 0 saturated carbocycles. The Bertz CT molecular complexity index is 627. The monoisotopic (exact) mass is 275 g/mol. The Morgan fingerprint density at radius 1 is 1.11 bits per heavy atom. The summed E-state index contributed by atoms with van der Waals surface area (Å²) in [6.07, 6.45) is 0.408. The predicted octanol–water partition coefficient (Wildman–Crippen LogP) is 3.99. The Morgan fingerprint density at radius 3 is 2.83 bits per heavy atom. The van der Waals surface area contributed by atoms with E-state index in [1.807, 2.05) is 36.4 Å². The molecule has 1 heterocycles. The van der Waals surface area contributed by atoms with Crippen molar-refractivity contribution in [3.63, 3.8) is 0 Å². The molecule has 0 atom stereocenters. The number of nitrogens with one attached hydrogen (secondary N) is 1. The third-order valence-electron chi connectivity index (χ3n) is 2.76. The van der Waals surface area contributed by atoms with Gasteiger partial charge in [-0.05, 0) is 29.8 Å². The fraction of sp³-hybridized carbons (Fsp3) is 0.0714. The van der Waals surface area contributed by atoms with Crippen LogP contribution in [0.4, 0.5) is 5.69 Å². The molecule has 0 fully saturated rings. The molecule has 4 heteroatoms. The van der Waals surface area contributed by atoms with Crippen LogP contribution in [0.5, 0.6) is 0 Å². The van der Waals surface area contributed by atoms with Gasteiger partial charge in [0, 0.05) is 14.8 Å². The number of carbonyl (C=O) groups is 1. The minimum absolute atomic E-state index is 0.00585. The zero-order valence-electron chi connectivity index (χ0n) is 9.44. The van der Waals surface area contributed by atoms with Gasteiger partial charge in [0.2, 0.25) is 5.91 Å². The SMILES string of the molecule is O=C1Cc2ccccc2Sc2cc(Cl)ccc2N1. The average molecular weight is 276 g/mol. The van der Waals surface area contributed by atoms with Gasteiger partial charge in [0.05, 0.1) is 12.1 Å². The summed E-state index contributed by atoms with van der Waals surface area (Å²) in [5, 5.41) is 3.59. The molecule has 3 rings (SSSR count). The maximum atomic E-state index is 11.9. The van der Waals surface area contributed by atoms with E-state index >= 15 is 0 Å². The van der Waals surface area contributed by atoms with Crippen molar-refractivity contribution in [2.24, 2.45) is 0 Å². The topological polar surface area (TPSA) is 29.1 Å². The molecule has 0 saturated heterocycles. The quantitative estimate of drug-likeness (QED) is 0.788. The maximum Gasteiger partial charge on any atom is 0.228 e. The standard InChI is InChI=1S/C14H10ClNOS/c15-10-5-6-11-13(8-10)18-12-4-2-1-3-9(12)7-14(17)16-11/h1-6,8H,7H2,(H,16,17). The van der Waals surface area contributed by atoms with Crippen molar-refractivity contribution in [3.8, 4) is 0 Å². The van der Waals surface area contributed by atoms with E-state index < -0.39 is 0 Å². The highest BCUT2D eigenvalue weighted by Gasteiger charge is 2.16. The van der Waals surface area contributed by atoms with Gasteiger partial charge in [0.15, 0.2) is 0 Å². The van der Waals surface area contributed by atoms with Crippen LogP contribution in [0.25, 0.3) is 0 Å². The molecule has 18 heavy (non-hydrogen) atoms. The molecule has 1 aliphatic heterocycles. The van der Waals surface area contributed by atoms with Crippen LogP contribution in [-0.2, 0) is 11.2 Å². The highest BCUT2D eigenvalue weighted by molar-refractivity contribution is 7.99. The number of anilines is 1. The number of halogens is 1. The van der Waals surface area contributed by atoms with E-state index in [1.54, 1.807) is 17.8 Å². The average Bonchev–Trinajstić information content (AvgIpc) is 2.33. The number of benzene rings is 2. The minimum Gasteiger partial charge on any atom is -0.325 e. The van der Waals surface area contributed by atoms with Gasteiger partial charge in [-0.3, -0.25) is 4.79 Å². The van der Waals surface area contributed by atoms with E-state index in [4.69, 9.17) is 11.6 Å². The van der Waals surface area contributed by atoms with Crippen molar-refractivity contribution in [2.75, 3.05) is 5.32 Å². The first kappa shape index (κ1) is 11.6. The van der Waals surface area contributed by atoms with Crippen molar-refractivity contribution in [1.29, 1.82) is 0 Å². The highest BCUT2D eigenvalue weighted by atomic mass is 35.5. The van der Waals surface area contributed by atoms with E-state index in [2.05, 4.69) is 5.32 Å². The second kappa shape index (κ2) is 4.67. The van der Waals surface area contributed by atoms with Crippen molar-refractivity contribution < 1.29 is 4.79 Å². The van der Waals surface area contributed by atoms with Crippen LogP contribution in [0.3, 0.4) is 0 Å². The van der Waals surface area contributed by atoms with Gasteiger partial charge in [-0.2, -0.15) is 0 Å². The molecule has 90 valence electrons. The van der Waals surface area contributed by atoms with Crippen molar-refractivity contribution in [2.45, 2.75) is 16.2 Å². The normalized spacial score (nSPS) is 13.9. The lowest BCUT2D eigenvalue weighted by atomic mass is 10.1. The third kappa shape index (κ3) is 2.24. The Morgan fingerprint density at radius 2 is 1.94 bits per heavy atom. The zero-order chi connectivity index (χ0) is 12.5. The lowest BCUT2D eigenvalue weighted by Gasteiger charge is -2.17. The van der Waals surface area contributed by atoms with Crippen LogP contribution < -0.4 is 5.32 Å². The van der Waals surface area contributed by atoms with Gasteiger partial charge >= 0.3 is 0 Å². The molecule has 1 aliphatic rings. The van der Waals surface area contributed by atoms with Gasteiger partial charge in [0.25, 0.3) is 0 Å². The number of carbonyl (C=O) groups excluding carboxylic acids is 1. The molecule has 2 nitrogen and oxygen atoms in total. The summed E-state index contributed by atoms with van der Waals surface area (Å²) in [6, 6.07) is 13.5. The van der Waals surface area contributed by atoms with Crippen LogP contribution in [0.2, 0.25) is 5.02 Å². The van der Waals surface area contributed by atoms with Gasteiger partial charge < -0.3 is 5.32 Å². The Balaban J connectivity index is 2.13. The van der Waals surface area contributed by atoms with Crippen LogP contribution >= 0.6 is 23.4 Å². The lowest BCUT2D eigenvalue weighted by molar-refractivity contribution is -0.115. The van der Waals surface area contributed by atoms with Gasteiger partial charge in [0.1, 0.15) is 0 Å². The predicted molar refractivity (Wildman–Crippen MR) is 74.4 cm³/mol. The fourth-order valence-corrected chi connectivity index (χ4v) is 3.23. The molecular weight excluding hydrogens is 266 g/mol. The van der Waals surface area contributed by atoms with E-state index in [0.29, 0.717) is 11.4 Å². The first-order valence-electron chi connectivity index (χ1n) is 5.57. The number of hydrogen-bond donors (Lipinski definition) is 1. The molecule has 2 aromatic carbocycles. The van der Waals surface area contributed by atoms with Crippen LogP contribution in [0.1, 0.15) is 5.56 Å². The molecule has 0 aliphatic carbocycles. The molecule has 0 aromatic heterocycles. The number of rotatable bonds is 0. The van der Waals surface area contributed by atoms with Crippen molar-refractivity contribution in [1.82, 2.24) is 0 Å². The summed E-state index contributed by atoms with van der Waals surface area (Å²) in [5.74, 6) is 0.00585. The molecule has 0 bridgehead atoms. The fourth-order valence-electron chi connectivity index (χ4n) is 1.92. The Kier molecular flexibility index (Phi) is 3.02. The number of amides is 1. The summed E-state index contributed by atoms with van der Waals surface area (Å²) in [4.78, 5) is 14.0. The molecule has 1 amide bonds. The third-order valence-corrected chi connectivity index (χ3v) is 4.17. The number of hydrogen-bond acceptors (Lipinski definition) is 2. The first-order chi connectivity index (χ1) is 8.72. The van der Waals surface area contributed by atoms with Crippen LogP contribution in [0.15, 0.2) is 52.3 Å². The summed E-state index contributed by atoms with van der Waals surface area (Å²) in [6.45, 7) is 0. The Hall–Kier alpha value is -1.45. The second-order valence-electron chi connectivity index (χ2n) is 4.08. The number of fused-ring (bicyclic) bond motifs is 2. The van der Waals surface area contributed by atoms with Crippen LogP contribution in [-0.4, -0.2) is 5.91 Å². The largest absolute Gasteiger partial charge is 0.325 e. The zero-order valence-corrected chi connectivity index (χ0v) is 11.0. The lowest BCUT2D eigenvalue weighted by Crippen LogP contribution is -2.16. The van der Waals surface area contributed by atoms with Crippen LogP contribution in [0, 0.1) is 0 Å². The van der Waals surface area contributed by atoms with Gasteiger partial charge in [-0.1, -0.05) is 41.6 Å². The summed E-state index contributed by atoms with van der Waals surface area (Å²) >= 11 is 7.64. The minimum atomic E-state index is 0.00585. The van der Waals surface area contributed by atoms with Crippen molar-refractivity contribution >= 4 is 35.0 Å². The highest BCUT2D eigenvalue weighted by Crippen LogP contribution is 2.38. The van der Waals surface area contributed by atoms with Gasteiger partial charge in [-0.25, -0.2) is 0 Å². The maximum absolute atomic E-state index is 11.9. The molecule has 0 radical (unpaired) electrons. The molecule has 1 N–H and O–H groups in total. The van der Waals surface area contributed by atoms with Crippen molar-refractivity contribution in [3.05, 3.63) is 53.1 Å². The molecule has 0 unspecified atom stereocenters. The first-order valence-corrected chi connectivity index (χ1v) is 6.77. The summed E-state index contributed by atoms with van der Waals surface area (Å²) in [5.41, 5.74) is 1.87. The summed E-state index contributed by atoms with van der Waals surface area (Å²) < 4.78 is 0. The summed E-state index contributed by atoms with van der Waals surface area (Å²) in [7, 11) is 0. The molecular formula is C14H10ClNOS. The Labute approximate surface area is 114 Å². The van der Waals surface area contributed by atoms with Gasteiger partial charge in [-0.15, -0.1) is 0 Å². The smallest absolute Gasteiger partial charge is 0.228 e. The second-order valence-corrected chi connectivity index (χ2v) is 5.60. The molecule has 0 spiro atoms. The van der Waals surface area contributed by atoms with E-state index in [-0.39, 0.29) is 5.91 Å². The van der Waals surface area contributed by atoms with E-state index in [9.17, 15) is 4.79 Å². The van der Waals surface area contributed by atoms with E-state index in [1.165, 1.54) is 0 Å². The van der Waals surface area contributed by atoms with E-state index in [0.717, 1.165) is 21.0 Å².